The van der Waals surface area contributed by atoms with E-state index in [1.807, 2.05) is 27.7 Å². The molecular formula is C22H28FN5O2S. The first-order chi connectivity index (χ1) is 15.2. The van der Waals surface area contributed by atoms with E-state index < -0.39 is 5.69 Å². The third kappa shape index (κ3) is 5.73. The largest absolute Gasteiger partial charge is 0.369 e. The summed E-state index contributed by atoms with van der Waals surface area (Å²) in [6, 6.07) is 6.01. The van der Waals surface area contributed by atoms with Crippen molar-refractivity contribution >= 4 is 17.4 Å². The lowest BCUT2D eigenvalue weighted by Gasteiger charge is -2.22. The Bertz CT molecular complexity index is 1070. The fourth-order valence-corrected chi connectivity index (χ4v) is 3.51. The zero-order valence-corrected chi connectivity index (χ0v) is 19.1. The van der Waals surface area contributed by atoms with E-state index in [4.69, 9.17) is 11.2 Å². The van der Waals surface area contributed by atoms with Crippen molar-refractivity contribution in [1.82, 2.24) is 24.9 Å². The smallest absolute Gasteiger partial charge is 0.350 e. The molecular weight excluding hydrogens is 417 g/mol. The number of ether oxygens (including phenoxy) is 1. The van der Waals surface area contributed by atoms with Gasteiger partial charge in [0.2, 0.25) is 0 Å². The molecule has 31 heavy (non-hydrogen) atoms. The Morgan fingerprint density at radius 3 is 2.61 bits per heavy atom. The predicted octanol–water partition coefficient (Wildman–Crippen LogP) is 3.66. The second kappa shape index (κ2) is 12.2. The molecule has 1 fully saturated rings. The maximum Gasteiger partial charge on any atom is 0.350 e. The van der Waals surface area contributed by atoms with Crippen LogP contribution in [0.5, 0.6) is 0 Å². The fraction of sp³-hybridized carbons (Fsp3) is 0.409. The predicted molar refractivity (Wildman–Crippen MR) is 123 cm³/mol. The van der Waals surface area contributed by atoms with Crippen molar-refractivity contribution < 1.29 is 9.13 Å². The van der Waals surface area contributed by atoms with E-state index in [0.29, 0.717) is 46.5 Å². The molecule has 0 amide bonds. The lowest BCUT2D eigenvalue weighted by atomic mass is 10.0. The van der Waals surface area contributed by atoms with E-state index in [9.17, 15) is 9.18 Å². The Hall–Kier alpha value is -2.67. The van der Waals surface area contributed by atoms with Gasteiger partial charge in [-0.15, -0.1) is 6.42 Å². The molecule has 3 aromatic rings. The van der Waals surface area contributed by atoms with Crippen molar-refractivity contribution in [3.8, 4) is 23.5 Å². The van der Waals surface area contributed by atoms with Crippen LogP contribution in [0.2, 0.25) is 0 Å². The Morgan fingerprint density at radius 2 is 2.00 bits per heavy atom. The van der Waals surface area contributed by atoms with Gasteiger partial charge in [-0.25, -0.2) is 14.2 Å². The van der Waals surface area contributed by atoms with Gasteiger partial charge >= 0.3 is 5.69 Å². The number of hydrogen-bond donors (Lipinski definition) is 2. The van der Waals surface area contributed by atoms with Crippen molar-refractivity contribution in [2.75, 3.05) is 25.4 Å². The molecule has 0 radical (unpaired) electrons. The molecule has 1 unspecified atom stereocenters. The first kappa shape index (κ1) is 24.6. The number of benzene rings is 1. The average Bonchev–Trinajstić information content (AvgIpc) is 3.21. The Kier molecular flexibility index (Phi) is 9.72. The Labute approximate surface area is 185 Å². The zero-order valence-electron chi connectivity index (χ0n) is 18.2. The first-order valence-corrected chi connectivity index (χ1v) is 11.3. The normalized spacial score (nSPS) is 15.3. The lowest BCUT2D eigenvalue weighted by molar-refractivity contribution is 0.0252. The van der Waals surface area contributed by atoms with Crippen LogP contribution < -0.4 is 11.0 Å². The molecule has 2 aromatic heterocycles. The van der Waals surface area contributed by atoms with E-state index in [-0.39, 0.29) is 11.9 Å². The molecule has 4 rings (SSSR count). The SMILES string of the molecule is C#CCSc1nc2c(-c3ccc(F)cc3)c(C3CNCCO3)nn2c(=O)[nH]1.CC.CC. The number of hydrogen-bond acceptors (Lipinski definition) is 6. The molecule has 1 saturated heterocycles. The van der Waals surface area contributed by atoms with Gasteiger partial charge in [0.15, 0.2) is 10.8 Å². The number of terminal acetylenes is 1. The molecule has 7 nitrogen and oxygen atoms in total. The minimum Gasteiger partial charge on any atom is -0.369 e. The van der Waals surface area contributed by atoms with E-state index in [0.717, 1.165) is 6.54 Å². The number of fused-ring (bicyclic) bond motifs is 1. The fourth-order valence-electron chi connectivity index (χ4n) is 2.98. The number of morpholine rings is 1. The summed E-state index contributed by atoms with van der Waals surface area (Å²) in [5.74, 6) is 2.53. The summed E-state index contributed by atoms with van der Waals surface area (Å²) in [6.07, 6.45) is 4.96. The number of rotatable bonds is 4. The van der Waals surface area contributed by atoms with Crippen LogP contribution in [0.3, 0.4) is 0 Å². The quantitative estimate of drug-likeness (QED) is 0.471. The maximum absolute atomic E-state index is 13.4. The van der Waals surface area contributed by atoms with Gasteiger partial charge in [0, 0.05) is 13.1 Å². The summed E-state index contributed by atoms with van der Waals surface area (Å²) in [6.45, 7) is 9.85. The van der Waals surface area contributed by atoms with Gasteiger partial charge in [-0.1, -0.05) is 57.5 Å². The highest BCUT2D eigenvalue weighted by Crippen LogP contribution is 2.33. The molecule has 1 atom stereocenters. The number of H-pyrrole nitrogens is 1. The van der Waals surface area contributed by atoms with Gasteiger partial charge in [0.1, 0.15) is 17.6 Å². The number of nitrogens with zero attached hydrogens (tertiary/aromatic N) is 3. The number of aromatic amines is 1. The monoisotopic (exact) mass is 445 g/mol. The summed E-state index contributed by atoms with van der Waals surface area (Å²) >= 11 is 1.25. The third-order valence-corrected chi connectivity index (χ3v) is 4.94. The highest BCUT2D eigenvalue weighted by molar-refractivity contribution is 7.99. The van der Waals surface area contributed by atoms with Crippen LogP contribution in [-0.2, 0) is 4.74 Å². The topological polar surface area (TPSA) is 84.3 Å². The standard InChI is InChI=1S/C18H16FN5O2S.2C2H6/c1-2-9-27-17-21-16-14(11-3-5-12(19)6-4-11)15(13-10-20-7-8-26-13)23-24(16)18(25)22-17;2*1-2/h1,3-6,13,20H,7-10H2,(H,21,22,25);2*1-2H3. The molecule has 9 heteroatoms. The second-order valence-electron chi connectivity index (χ2n) is 5.91. The van der Waals surface area contributed by atoms with E-state index >= 15 is 0 Å². The van der Waals surface area contributed by atoms with E-state index in [1.54, 1.807) is 12.1 Å². The zero-order chi connectivity index (χ0) is 22.8. The molecule has 2 N–H and O–H groups in total. The second-order valence-corrected chi connectivity index (χ2v) is 6.87. The van der Waals surface area contributed by atoms with Crippen LogP contribution in [-0.4, -0.2) is 45.0 Å². The van der Waals surface area contributed by atoms with Crippen LogP contribution in [0.25, 0.3) is 16.8 Å². The number of nitrogens with one attached hydrogen (secondary N) is 2. The number of thioether (sulfide) groups is 1. The molecule has 166 valence electrons. The van der Waals surface area contributed by atoms with Crippen molar-refractivity contribution in [3.63, 3.8) is 0 Å². The minimum atomic E-state index is -0.419. The molecule has 0 saturated carbocycles. The summed E-state index contributed by atoms with van der Waals surface area (Å²) in [5, 5.41) is 8.12. The van der Waals surface area contributed by atoms with Crippen molar-refractivity contribution in [2.24, 2.45) is 0 Å². The highest BCUT2D eigenvalue weighted by Gasteiger charge is 2.27. The minimum absolute atomic E-state index is 0.332. The van der Waals surface area contributed by atoms with Gasteiger partial charge < -0.3 is 10.1 Å². The first-order valence-electron chi connectivity index (χ1n) is 10.3. The summed E-state index contributed by atoms with van der Waals surface area (Å²) < 4.78 is 20.5. The van der Waals surface area contributed by atoms with Crippen LogP contribution >= 0.6 is 11.8 Å². The van der Waals surface area contributed by atoms with Crippen LogP contribution in [0.15, 0.2) is 34.2 Å². The summed E-state index contributed by atoms with van der Waals surface area (Å²) in [5.41, 5.74) is 1.91. The Morgan fingerprint density at radius 1 is 1.29 bits per heavy atom. The molecule has 1 aromatic carbocycles. The highest BCUT2D eigenvalue weighted by atomic mass is 32.2. The van der Waals surface area contributed by atoms with Gasteiger partial charge in [-0.2, -0.15) is 9.61 Å². The maximum atomic E-state index is 13.4. The van der Waals surface area contributed by atoms with Gasteiger partial charge in [-0.05, 0) is 17.7 Å². The van der Waals surface area contributed by atoms with Gasteiger partial charge in [0.05, 0.1) is 17.9 Å². The third-order valence-electron chi connectivity index (χ3n) is 4.16. The Balaban J connectivity index is 0.000000807. The lowest BCUT2D eigenvalue weighted by Crippen LogP contribution is -2.33. The molecule has 1 aliphatic rings. The van der Waals surface area contributed by atoms with Crippen LogP contribution in [0, 0.1) is 18.2 Å². The van der Waals surface area contributed by atoms with Crippen molar-refractivity contribution in [1.29, 1.82) is 0 Å². The van der Waals surface area contributed by atoms with Crippen LogP contribution in [0.1, 0.15) is 39.5 Å². The summed E-state index contributed by atoms with van der Waals surface area (Å²) in [7, 11) is 0. The number of aromatic nitrogens is 4. The summed E-state index contributed by atoms with van der Waals surface area (Å²) in [4.78, 5) is 19.7. The molecule has 0 spiro atoms. The van der Waals surface area contributed by atoms with E-state index in [1.165, 1.54) is 28.4 Å². The average molecular weight is 446 g/mol. The molecule has 1 aliphatic heterocycles. The molecule has 0 bridgehead atoms. The molecule has 0 aliphatic carbocycles. The van der Waals surface area contributed by atoms with Crippen molar-refractivity contribution in [2.45, 2.75) is 39.0 Å². The number of halogens is 1. The van der Waals surface area contributed by atoms with Crippen LogP contribution in [0.4, 0.5) is 4.39 Å². The molecule has 3 heterocycles. The van der Waals surface area contributed by atoms with Gasteiger partial charge in [0.25, 0.3) is 0 Å². The van der Waals surface area contributed by atoms with Gasteiger partial charge in [-0.3, -0.25) is 4.98 Å². The van der Waals surface area contributed by atoms with E-state index in [2.05, 4.69) is 26.3 Å². The van der Waals surface area contributed by atoms with Crippen molar-refractivity contribution in [3.05, 3.63) is 46.3 Å².